The fourth-order valence-electron chi connectivity index (χ4n) is 7.21. The highest BCUT2D eigenvalue weighted by atomic mass is 32.2. The van der Waals surface area contributed by atoms with Gasteiger partial charge in [0.1, 0.15) is 0 Å². The van der Waals surface area contributed by atoms with Gasteiger partial charge in [0.05, 0.1) is 17.9 Å². The van der Waals surface area contributed by atoms with Crippen LogP contribution in [0.4, 0.5) is 0 Å². The zero-order valence-electron chi connectivity index (χ0n) is 26.0. The highest BCUT2D eigenvalue weighted by Crippen LogP contribution is 2.46. The van der Waals surface area contributed by atoms with Crippen molar-refractivity contribution in [3.05, 3.63) is 59.2 Å². The first-order valence-electron chi connectivity index (χ1n) is 15.6. The maximum atomic E-state index is 14.1. The standard InChI is InChI=1S/C32H41N5O6S2/c1-34(2)45(42,43)33-31(38)24-13-14-27-28(20-24)37-21-25(32(39)35-15-17-36(18-16-35)44(3,40)41)19-23-11-7-8-12-26(23)30(37)29(27)22-9-5-4-6-10-22/h7-8,11-14,20,22,25H,4-6,9-10,15-19,21H2,1-3H3,(H,33,38). The van der Waals surface area contributed by atoms with Gasteiger partial charge < -0.3 is 9.47 Å². The fourth-order valence-corrected chi connectivity index (χ4v) is 8.57. The third-order valence-corrected chi connectivity index (χ3v) is 12.3. The minimum absolute atomic E-state index is 0.0159. The molecule has 2 amide bonds. The molecule has 3 heterocycles. The van der Waals surface area contributed by atoms with Gasteiger partial charge in [-0.1, -0.05) is 49.6 Å². The highest BCUT2D eigenvalue weighted by molar-refractivity contribution is 7.88. The molecule has 2 fully saturated rings. The van der Waals surface area contributed by atoms with Crippen molar-refractivity contribution in [2.24, 2.45) is 5.92 Å². The number of carbonyl (C=O) groups is 2. The first-order valence-corrected chi connectivity index (χ1v) is 18.9. The summed E-state index contributed by atoms with van der Waals surface area (Å²) < 4.78 is 55.8. The van der Waals surface area contributed by atoms with Crippen molar-refractivity contribution in [3.63, 3.8) is 0 Å². The summed E-state index contributed by atoms with van der Waals surface area (Å²) in [5, 5.41) is 1.02. The molecular formula is C32H41N5O6S2. The lowest BCUT2D eigenvalue weighted by atomic mass is 9.81. The molecule has 1 unspecified atom stereocenters. The number of hydrogen-bond donors (Lipinski definition) is 1. The Balaban J connectivity index is 1.46. The van der Waals surface area contributed by atoms with E-state index in [1.165, 1.54) is 36.6 Å². The zero-order chi connectivity index (χ0) is 32.1. The van der Waals surface area contributed by atoms with Crippen LogP contribution in [-0.4, -0.2) is 93.3 Å². The number of nitrogens with zero attached hydrogens (tertiary/aromatic N) is 4. The monoisotopic (exact) mass is 655 g/mol. The number of hydrogen-bond acceptors (Lipinski definition) is 6. The number of rotatable bonds is 6. The van der Waals surface area contributed by atoms with E-state index in [0.717, 1.165) is 57.7 Å². The first kappa shape index (κ1) is 31.7. The van der Waals surface area contributed by atoms with Crippen molar-refractivity contribution >= 4 is 42.9 Å². The summed E-state index contributed by atoms with van der Waals surface area (Å²) in [7, 11) is -4.59. The lowest BCUT2D eigenvalue weighted by Crippen LogP contribution is -2.52. The molecule has 1 atom stereocenters. The Bertz CT molecular complexity index is 1850. The zero-order valence-corrected chi connectivity index (χ0v) is 27.7. The number of aromatic nitrogens is 1. The quantitative estimate of drug-likeness (QED) is 0.435. The second-order valence-corrected chi connectivity index (χ2v) is 16.6. The van der Waals surface area contributed by atoms with Gasteiger partial charge in [0.25, 0.3) is 5.91 Å². The molecule has 1 N–H and O–H groups in total. The molecule has 3 aromatic rings. The van der Waals surface area contributed by atoms with Gasteiger partial charge in [-0.25, -0.2) is 13.1 Å². The van der Waals surface area contributed by atoms with Crippen molar-refractivity contribution < 1.29 is 26.4 Å². The second kappa shape index (κ2) is 12.2. The number of sulfonamides is 1. The van der Waals surface area contributed by atoms with Crippen molar-refractivity contribution in [2.45, 2.75) is 51.0 Å². The molecule has 3 aliphatic rings. The summed E-state index contributed by atoms with van der Waals surface area (Å²) in [6, 6.07) is 13.6. The molecule has 2 aromatic carbocycles. The van der Waals surface area contributed by atoms with Crippen LogP contribution in [0.3, 0.4) is 0 Å². The number of fused-ring (bicyclic) bond motifs is 5. The molecule has 45 heavy (non-hydrogen) atoms. The second-order valence-electron chi connectivity index (χ2n) is 12.7. The smallest absolute Gasteiger partial charge is 0.303 e. The number of benzene rings is 2. The van der Waals surface area contributed by atoms with Gasteiger partial charge in [-0.05, 0) is 48.4 Å². The Labute approximate surface area is 265 Å². The Morgan fingerprint density at radius 2 is 1.60 bits per heavy atom. The van der Waals surface area contributed by atoms with Gasteiger partial charge in [-0.15, -0.1) is 0 Å². The van der Waals surface area contributed by atoms with Crippen LogP contribution in [0.25, 0.3) is 22.2 Å². The molecule has 1 saturated carbocycles. The molecule has 0 radical (unpaired) electrons. The summed E-state index contributed by atoms with van der Waals surface area (Å²) in [4.78, 5) is 29.1. The normalized spacial score (nSPS) is 20.1. The number of nitrogens with one attached hydrogen (secondary N) is 1. The van der Waals surface area contributed by atoms with Gasteiger partial charge in [-0.3, -0.25) is 9.59 Å². The van der Waals surface area contributed by atoms with E-state index in [9.17, 15) is 26.4 Å². The van der Waals surface area contributed by atoms with Crippen molar-refractivity contribution in [1.29, 1.82) is 0 Å². The molecule has 13 heteroatoms. The Hall–Kier alpha value is -3.26. The average molecular weight is 656 g/mol. The van der Waals surface area contributed by atoms with Crippen LogP contribution in [0.2, 0.25) is 0 Å². The Morgan fingerprint density at radius 3 is 2.27 bits per heavy atom. The molecule has 242 valence electrons. The molecule has 1 saturated heterocycles. The van der Waals surface area contributed by atoms with Crippen LogP contribution < -0.4 is 4.72 Å². The maximum Gasteiger partial charge on any atom is 0.303 e. The van der Waals surface area contributed by atoms with Gasteiger partial charge in [-0.2, -0.15) is 17.0 Å². The average Bonchev–Trinajstić information content (AvgIpc) is 3.22. The van der Waals surface area contributed by atoms with Gasteiger partial charge in [0.2, 0.25) is 15.9 Å². The Kier molecular flexibility index (Phi) is 8.57. The van der Waals surface area contributed by atoms with E-state index in [1.54, 1.807) is 17.0 Å². The largest absolute Gasteiger partial charge is 0.340 e. The Morgan fingerprint density at radius 1 is 0.911 bits per heavy atom. The van der Waals surface area contributed by atoms with Crippen LogP contribution in [0.15, 0.2) is 42.5 Å². The molecule has 11 nitrogen and oxygen atoms in total. The van der Waals surface area contributed by atoms with E-state index < -0.39 is 32.1 Å². The van der Waals surface area contributed by atoms with Gasteiger partial charge in [0, 0.05) is 68.8 Å². The van der Waals surface area contributed by atoms with Crippen LogP contribution in [0, 0.1) is 5.92 Å². The molecule has 2 aliphatic heterocycles. The molecule has 0 spiro atoms. The summed E-state index contributed by atoms with van der Waals surface area (Å²) in [5.74, 6) is -0.808. The molecule has 1 aliphatic carbocycles. The third-order valence-electron chi connectivity index (χ3n) is 9.59. The van der Waals surface area contributed by atoms with Crippen LogP contribution >= 0.6 is 0 Å². The topological polar surface area (TPSA) is 129 Å². The lowest BCUT2D eigenvalue weighted by Gasteiger charge is -2.35. The number of amides is 2. The van der Waals surface area contributed by atoms with E-state index in [0.29, 0.717) is 32.0 Å². The summed E-state index contributed by atoms with van der Waals surface area (Å²) in [6.07, 6.45) is 7.34. The first-order chi connectivity index (χ1) is 21.3. The van der Waals surface area contributed by atoms with Crippen molar-refractivity contribution in [1.82, 2.24) is 22.8 Å². The molecular weight excluding hydrogens is 615 g/mol. The number of carbonyl (C=O) groups excluding carboxylic acids is 2. The van der Waals surface area contributed by atoms with Crippen LogP contribution in [0.1, 0.15) is 59.5 Å². The maximum absolute atomic E-state index is 14.1. The van der Waals surface area contributed by atoms with E-state index in [1.807, 2.05) is 18.2 Å². The van der Waals surface area contributed by atoms with E-state index >= 15 is 0 Å². The third kappa shape index (κ3) is 6.15. The van der Waals surface area contributed by atoms with Crippen molar-refractivity contribution in [2.75, 3.05) is 46.5 Å². The van der Waals surface area contributed by atoms with E-state index in [2.05, 4.69) is 21.4 Å². The summed E-state index contributed by atoms with van der Waals surface area (Å²) in [6.45, 7) is 1.60. The predicted molar refractivity (Wildman–Crippen MR) is 173 cm³/mol. The summed E-state index contributed by atoms with van der Waals surface area (Å²) >= 11 is 0. The van der Waals surface area contributed by atoms with Crippen molar-refractivity contribution in [3.8, 4) is 11.3 Å². The van der Waals surface area contributed by atoms with Gasteiger partial charge >= 0.3 is 10.2 Å². The highest BCUT2D eigenvalue weighted by Gasteiger charge is 2.36. The predicted octanol–water partition coefficient (Wildman–Crippen LogP) is 3.17. The van der Waals surface area contributed by atoms with E-state index in [-0.39, 0.29) is 24.6 Å². The number of piperazine rings is 1. The lowest BCUT2D eigenvalue weighted by molar-refractivity contribution is -0.137. The molecule has 1 aromatic heterocycles. The van der Waals surface area contributed by atoms with Gasteiger partial charge in [0.15, 0.2) is 0 Å². The minimum Gasteiger partial charge on any atom is -0.340 e. The SMILES string of the molecule is CN(C)S(=O)(=O)NC(=O)c1ccc2c(C3CCCCC3)c3n(c2c1)CC(C(=O)N1CCN(S(C)(=O)=O)CC1)Cc1ccccc1-3. The molecule has 6 rings (SSSR count). The van der Waals surface area contributed by atoms with E-state index in [4.69, 9.17) is 0 Å². The minimum atomic E-state index is -3.98. The van der Waals surface area contributed by atoms with Crippen LogP contribution in [-0.2, 0) is 38.0 Å². The molecule has 0 bridgehead atoms. The van der Waals surface area contributed by atoms with Crippen LogP contribution in [0.5, 0.6) is 0 Å². The summed E-state index contributed by atoms with van der Waals surface area (Å²) in [5.41, 5.74) is 5.49. The fraction of sp³-hybridized carbons (Fsp3) is 0.500.